The molecule has 14 heteroatoms. The number of halogens is 4. The van der Waals surface area contributed by atoms with Gasteiger partial charge < -0.3 is 15.2 Å². The predicted molar refractivity (Wildman–Crippen MR) is 170 cm³/mol. The molecule has 5 rings (SSSR count). The zero-order valence-corrected chi connectivity index (χ0v) is 27.1. The lowest BCUT2D eigenvalue weighted by atomic mass is 9.77. The summed E-state index contributed by atoms with van der Waals surface area (Å²) in [7, 11) is 0.277. The van der Waals surface area contributed by atoms with E-state index in [9.17, 15) is 31.7 Å². The Balaban J connectivity index is 1.70. The Labute approximate surface area is 271 Å². The normalized spacial score (nSPS) is 16.4. The van der Waals surface area contributed by atoms with Crippen LogP contribution in [0.3, 0.4) is 0 Å². The van der Waals surface area contributed by atoms with Crippen LogP contribution >= 0.6 is 0 Å². The molecular formula is C33H33F4N5O4S. The zero-order chi connectivity index (χ0) is 34.3. The highest BCUT2D eigenvalue weighted by molar-refractivity contribution is 7.85. The largest absolute Gasteiger partial charge is 0.444 e. The Morgan fingerprint density at radius 2 is 1.81 bits per heavy atom. The molecule has 1 aliphatic rings. The molecule has 0 aliphatic heterocycles. The van der Waals surface area contributed by atoms with Gasteiger partial charge in [0.05, 0.1) is 30.1 Å². The number of aliphatic hydroxyl groups is 1. The van der Waals surface area contributed by atoms with Gasteiger partial charge in [-0.15, -0.1) is 0 Å². The summed E-state index contributed by atoms with van der Waals surface area (Å²) in [5, 5.41) is 18.3. The van der Waals surface area contributed by atoms with Gasteiger partial charge in [-0.1, -0.05) is 18.1 Å². The van der Waals surface area contributed by atoms with Crippen molar-refractivity contribution in [1.29, 1.82) is 0 Å². The number of amides is 1. The van der Waals surface area contributed by atoms with Gasteiger partial charge >= 0.3 is 6.09 Å². The molecule has 1 amide bonds. The molecule has 0 spiro atoms. The van der Waals surface area contributed by atoms with E-state index in [0.717, 1.165) is 18.2 Å². The van der Waals surface area contributed by atoms with Crippen molar-refractivity contribution in [2.75, 3.05) is 11.0 Å². The monoisotopic (exact) mass is 671 g/mol. The number of anilines is 1. The number of hydrogen-bond acceptors (Lipinski definition) is 6. The molecule has 2 heterocycles. The fourth-order valence-electron chi connectivity index (χ4n) is 5.51. The van der Waals surface area contributed by atoms with Gasteiger partial charge in [0.2, 0.25) is 0 Å². The maximum Gasteiger partial charge on any atom is 0.408 e. The highest BCUT2D eigenvalue weighted by Gasteiger charge is 2.55. The Hall–Kier alpha value is -4.48. The topological polar surface area (TPSA) is 118 Å². The van der Waals surface area contributed by atoms with Gasteiger partial charge in [-0.3, -0.25) is 9.40 Å². The van der Waals surface area contributed by atoms with E-state index < -0.39 is 64.7 Å². The average molecular weight is 672 g/mol. The van der Waals surface area contributed by atoms with Gasteiger partial charge in [0.15, 0.2) is 5.82 Å². The van der Waals surface area contributed by atoms with Gasteiger partial charge in [-0.05, 0) is 69.0 Å². The number of benzene rings is 2. The Morgan fingerprint density at radius 1 is 1.13 bits per heavy atom. The molecule has 0 radical (unpaired) electrons. The number of carbonyl (C=O) groups excluding carboxylic acids is 1. The second-order valence-corrected chi connectivity index (χ2v) is 13.6. The van der Waals surface area contributed by atoms with Crippen LogP contribution in [0.15, 0.2) is 48.5 Å². The van der Waals surface area contributed by atoms with Crippen LogP contribution in [-0.2, 0) is 29.2 Å². The number of ether oxygens (including phenoxy) is 1. The summed E-state index contributed by atoms with van der Waals surface area (Å²) >= 11 is 0. The molecule has 4 aromatic rings. The Morgan fingerprint density at radius 3 is 2.43 bits per heavy atom. The van der Waals surface area contributed by atoms with E-state index in [2.05, 4.69) is 27.0 Å². The third-order valence-electron chi connectivity index (χ3n) is 7.23. The first-order chi connectivity index (χ1) is 21.9. The number of rotatable bonds is 7. The minimum atomic E-state index is -3.02. The lowest BCUT2D eigenvalue weighted by Gasteiger charge is -2.39. The molecule has 1 aliphatic carbocycles. The number of para-hydroxylation sites is 1. The molecule has 2 unspecified atom stereocenters. The third-order valence-corrected chi connectivity index (χ3v) is 7.71. The van der Waals surface area contributed by atoms with Gasteiger partial charge in [0, 0.05) is 35.9 Å². The summed E-state index contributed by atoms with van der Waals surface area (Å²) in [4.78, 5) is 17.8. The molecule has 248 valence electrons. The number of alkyl halides is 2. The first-order valence-corrected chi connectivity index (χ1v) is 16.1. The predicted octanol–water partition coefficient (Wildman–Crippen LogP) is 5.94. The minimum absolute atomic E-state index is 0.0923. The SMILES string of the molecule is Cn1nc(NS(C)=O)c2cccc(-c3ccc(C#CC4(O)CC(F)(F)C4)nc3C(Cc3cc(F)cc(F)c3)NC(=O)OC(C)(C)C)c21. The van der Waals surface area contributed by atoms with Gasteiger partial charge in [-0.2, -0.15) is 5.10 Å². The van der Waals surface area contributed by atoms with Crippen molar-refractivity contribution >= 4 is 33.8 Å². The maximum atomic E-state index is 14.3. The average Bonchev–Trinajstić information content (AvgIpc) is 3.23. The van der Waals surface area contributed by atoms with Crippen LogP contribution in [0.25, 0.3) is 22.0 Å². The fraction of sp³-hybridized carbons (Fsp3) is 0.364. The maximum absolute atomic E-state index is 14.3. The molecule has 1 fully saturated rings. The molecule has 0 bridgehead atoms. The van der Waals surface area contributed by atoms with Gasteiger partial charge in [0.1, 0.15) is 39.5 Å². The van der Waals surface area contributed by atoms with Crippen molar-refractivity contribution in [3.05, 3.63) is 77.1 Å². The molecule has 2 aromatic heterocycles. The molecule has 9 nitrogen and oxygen atoms in total. The van der Waals surface area contributed by atoms with Gasteiger partial charge in [-0.25, -0.2) is 31.5 Å². The van der Waals surface area contributed by atoms with E-state index in [0.29, 0.717) is 27.8 Å². The molecule has 0 saturated heterocycles. The van der Waals surface area contributed by atoms with E-state index >= 15 is 0 Å². The summed E-state index contributed by atoms with van der Waals surface area (Å²) in [6.07, 6.45) is -1.12. The molecule has 2 aromatic carbocycles. The number of pyridine rings is 1. The lowest BCUT2D eigenvalue weighted by molar-refractivity contribution is -0.176. The summed E-state index contributed by atoms with van der Waals surface area (Å²) in [6, 6.07) is 10.5. The van der Waals surface area contributed by atoms with Crippen LogP contribution < -0.4 is 10.0 Å². The summed E-state index contributed by atoms with van der Waals surface area (Å²) < 4.78 is 77.5. The van der Waals surface area contributed by atoms with E-state index in [1.165, 1.54) is 12.3 Å². The van der Waals surface area contributed by atoms with Crippen molar-refractivity contribution in [3.8, 4) is 23.0 Å². The van der Waals surface area contributed by atoms with E-state index in [-0.39, 0.29) is 23.4 Å². The van der Waals surface area contributed by atoms with Crippen LogP contribution in [0.2, 0.25) is 0 Å². The first-order valence-electron chi connectivity index (χ1n) is 14.6. The number of aryl methyl sites for hydroxylation is 1. The lowest BCUT2D eigenvalue weighted by Crippen LogP contribution is -2.50. The Bertz CT molecular complexity index is 1920. The molecular weight excluding hydrogens is 638 g/mol. The number of fused-ring (bicyclic) bond motifs is 1. The van der Waals surface area contributed by atoms with Crippen LogP contribution in [-0.4, -0.2) is 53.6 Å². The second-order valence-electron chi connectivity index (χ2n) is 12.5. The Kier molecular flexibility index (Phi) is 9.09. The smallest absolute Gasteiger partial charge is 0.408 e. The highest BCUT2D eigenvalue weighted by atomic mass is 32.2. The molecule has 47 heavy (non-hydrogen) atoms. The highest BCUT2D eigenvalue weighted by Crippen LogP contribution is 2.45. The summed E-state index contributed by atoms with van der Waals surface area (Å²) in [6.45, 7) is 5.03. The standard InChI is InChI=1S/C33H33F4N5O4S/c1-31(2,3)46-30(43)39-26(15-19-13-20(34)16-21(35)14-19)27-23(10-9-22(38-27)11-12-32(44)17-33(36,37)18-32)24-7-6-8-25-28(24)42(4)40-29(25)41-47(5)45/h6-10,13-14,16,26,44H,15,17-18H2,1-5H3,(H,39,43)(H,40,41). The van der Waals surface area contributed by atoms with Crippen molar-refractivity contribution in [1.82, 2.24) is 20.1 Å². The van der Waals surface area contributed by atoms with Crippen LogP contribution in [0.1, 0.15) is 56.6 Å². The third kappa shape index (κ3) is 8.09. The summed E-state index contributed by atoms with van der Waals surface area (Å²) in [5.41, 5.74) is -0.591. The van der Waals surface area contributed by atoms with Crippen LogP contribution in [0.4, 0.5) is 28.2 Å². The number of hydrogen-bond donors (Lipinski definition) is 3. The minimum Gasteiger partial charge on any atom is -0.444 e. The number of alkyl carbamates (subject to hydrolysis) is 1. The van der Waals surface area contributed by atoms with Crippen molar-refractivity contribution in [2.24, 2.45) is 7.05 Å². The molecule has 3 N–H and O–H groups in total. The van der Waals surface area contributed by atoms with Crippen molar-refractivity contribution in [3.63, 3.8) is 0 Å². The van der Waals surface area contributed by atoms with E-state index in [1.54, 1.807) is 56.8 Å². The van der Waals surface area contributed by atoms with Crippen LogP contribution in [0, 0.1) is 23.5 Å². The number of carbonyl (C=O) groups is 1. The number of aromatic nitrogens is 3. The quantitative estimate of drug-likeness (QED) is 0.165. The fourth-order valence-corrected chi connectivity index (χ4v) is 5.93. The first kappa shape index (κ1) is 33.9. The van der Waals surface area contributed by atoms with Crippen molar-refractivity contribution in [2.45, 2.75) is 63.2 Å². The van der Waals surface area contributed by atoms with Gasteiger partial charge in [0.25, 0.3) is 5.92 Å². The second kappa shape index (κ2) is 12.6. The molecule has 2 atom stereocenters. The number of nitrogens with zero attached hydrogens (tertiary/aromatic N) is 3. The summed E-state index contributed by atoms with van der Waals surface area (Å²) in [5.74, 6) is 0.880. The number of nitrogens with one attached hydrogen (secondary N) is 2. The van der Waals surface area contributed by atoms with Crippen molar-refractivity contribution < 1.29 is 36.4 Å². The zero-order valence-electron chi connectivity index (χ0n) is 26.3. The van der Waals surface area contributed by atoms with Crippen LogP contribution in [0.5, 0.6) is 0 Å². The van der Waals surface area contributed by atoms with E-state index in [1.807, 2.05) is 0 Å². The van der Waals surface area contributed by atoms with E-state index in [4.69, 9.17) is 9.72 Å². The molecule has 1 saturated carbocycles.